The minimum Gasteiger partial charge on any atom is -0.342 e. The van der Waals surface area contributed by atoms with E-state index in [4.69, 9.17) is 0 Å². The number of aromatic nitrogens is 2. The van der Waals surface area contributed by atoms with Crippen molar-refractivity contribution in [3.8, 4) is 0 Å². The quantitative estimate of drug-likeness (QED) is 0.837. The lowest BCUT2D eigenvalue weighted by Gasteiger charge is -2.35. The highest BCUT2D eigenvalue weighted by atomic mass is 16.2. The van der Waals surface area contributed by atoms with Crippen LogP contribution in [-0.4, -0.2) is 47.2 Å². The van der Waals surface area contributed by atoms with E-state index in [-0.39, 0.29) is 10.8 Å². The number of aromatic amines is 1. The van der Waals surface area contributed by atoms with Gasteiger partial charge in [-0.3, -0.25) is 9.89 Å². The van der Waals surface area contributed by atoms with Crippen molar-refractivity contribution >= 4 is 5.91 Å². The Bertz CT molecular complexity index is 862. The molecule has 3 fully saturated rings. The minimum absolute atomic E-state index is 0.114. The average Bonchev–Trinajstić information content (AvgIpc) is 3.10. The van der Waals surface area contributed by atoms with E-state index < -0.39 is 0 Å². The number of hydrogen-bond acceptors (Lipinski definition) is 3. The number of carbonyl (C=O) groups is 1. The number of hydrogen-bond donors (Lipinski definition) is 2. The number of likely N-dealkylation sites (tertiary alicyclic amines) is 1. The van der Waals surface area contributed by atoms with Gasteiger partial charge in [0.25, 0.3) is 0 Å². The van der Waals surface area contributed by atoms with Crippen LogP contribution >= 0.6 is 0 Å². The number of nitrogens with zero attached hydrogens (tertiary/aromatic N) is 2. The topological polar surface area (TPSA) is 61.0 Å². The Hall–Kier alpha value is -2.14. The zero-order chi connectivity index (χ0) is 19.9. The van der Waals surface area contributed by atoms with Crippen LogP contribution in [0.1, 0.15) is 61.9 Å². The standard InChI is InChI=1S/C24H32N4O/c1-23(17-24(23)9-11-25-12-10-24)22(29)28-13-7-19(8-14-28)21-16-20(26-27-21)15-18-5-3-2-4-6-18/h2-6,16,19,25H,7-15,17H2,1H3,(H,26,27). The summed E-state index contributed by atoms with van der Waals surface area (Å²) in [6.45, 7) is 6.09. The smallest absolute Gasteiger partial charge is 0.229 e. The van der Waals surface area contributed by atoms with E-state index in [1.807, 2.05) is 6.07 Å². The molecule has 2 N–H and O–H groups in total. The van der Waals surface area contributed by atoms with Crippen LogP contribution < -0.4 is 5.32 Å². The molecule has 2 aliphatic heterocycles. The summed E-state index contributed by atoms with van der Waals surface area (Å²) in [4.78, 5) is 15.4. The molecule has 1 spiro atoms. The van der Waals surface area contributed by atoms with Gasteiger partial charge in [-0.15, -0.1) is 0 Å². The Balaban J connectivity index is 1.18. The van der Waals surface area contributed by atoms with Gasteiger partial charge in [0.05, 0.1) is 11.1 Å². The number of nitrogens with one attached hydrogen (secondary N) is 2. The second kappa shape index (κ2) is 7.28. The first-order valence-corrected chi connectivity index (χ1v) is 11.2. The van der Waals surface area contributed by atoms with Gasteiger partial charge in [0, 0.05) is 31.1 Å². The van der Waals surface area contributed by atoms with E-state index in [1.165, 1.54) is 11.3 Å². The molecule has 2 aromatic rings. The van der Waals surface area contributed by atoms with Gasteiger partial charge in [0.15, 0.2) is 0 Å². The summed E-state index contributed by atoms with van der Waals surface area (Å²) in [5.41, 5.74) is 3.80. The fraction of sp³-hybridized carbons (Fsp3) is 0.583. The fourth-order valence-electron chi connectivity index (χ4n) is 5.79. The molecule has 0 bridgehead atoms. The van der Waals surface area contributed by atoms with Crippen LogP contribution in [0.25, 0.3) is 0 Å². The first kappa shape index (κ1) is 18.9. The zero-order valence-electron chi connectivity index (χ0n) is 17.4. The number of benzene rings is 1. The molecular formula is C24H32N4O. The maximum atomic E-state index is 13.3. The van der Waals surface area contributed by atoms with Crippen molar-refractivity contribution in [2.45, 2.75) is 51.4 Å². The summed E-state index contributed by atoms with van der Waals surface area (Å²) in [5.74, 6) is 0.865. The van der Waals surface area contributed by atoms with E-state index >= 15 is 0 Å². The zero-order valence-corrected chi connectivity index (χ0v) is 17.4. The van der Waals surface area contributed by atoms with Crippen molar-refractivity contribution in [1.82, 2.24) is 20.4 Å². The number of carbonyl (C=O) groups excluding carboxylic acids is 1. The number of H-pyrrole nitrogens is 1. The molecule has 29 heavy (non-hydrogen) atoms. The van der Waals surface area contributed by atoms with Gasteiger partial charge in [-0.1, -0.05) is 37.3 Å². The molecule has 1 aromatic heterocycles. The largest absolute Gasteiger partial charge is 0.342 e. The van der Waals surface area contributed by atoms with Crippen LogP contribution in [0.2, 0.25) is 0 Å². The van der Waals surface area contributed by atoms with Crippen LogP contribution in [0.3, 0.4) is 0 Å². The Morgan fingerprint density at radius 1 is 1.17 bits per heavy atom. The van der Waals surface area contributed by atoms with Crippen molar-refractivity contribution in [2.75, 3.05) is 26.2 Å². The monoisotopic (exact) mass is 392 g/mol. The summed E-state index contributed by atoms with van der Waals surface area (Å²) < 4.78 is 0. The third-order valence-corrected chi connectivity index (χ3v) is 7.86. The van der Waals surface area contributed by atoms with Gasteiger partial charge >= 0.3 is 0 Å². The SMILES string of the molecule is CC1(C(=O)N2CCC(c3cc(Cc4ccccc4)[nH]n3)CC2)CC12CCNCC2. The molecule has 5 heteroatoms. The third kappa shape index (κ3) is 3.39. The molecule has 0 radical (unpaired) electrons. The second-order valence-electron chi connectivity index (χ2n) is 9.59. The normalized spacial score (nSPS) is 26.6. The lowest BCUT2D eigenvalue weighted by Crippen LogP contribution is -2.44. The molecule has 1 aromatic carbocycles. The van der Waals surface area contributed by atoms with Crippen molar-refractivity contribution in [2.24, 2.45) is 10.8 Å². The van der Waals surface area contributed by atoms with Crippen LogP contribution in [-0.2, 0) is 11.2 Å². The van der Waals surface area contributed by atoms with Crippen molar-refractivity contribution < 1.29 is 4.79 Å². The fourth-order valence-corrected chi connectivity index (χ4v) is 5.79. The second-order valence-corrected chi connectivity index (χ2v) is 9.59. The first-order valence-electron chi connectivity index (χ1n) is 11.2. The Morgan fingerprint density at radius 3 is 2.62 bits per heavy atom. The van der Waals surface area contributed by atoms with E-state index in [2.05, 4.69) is 57.7 Å². The van der Waals surface area contributed by atoms with Gasteiger partial charge < -0.3 is 10.2 Å². The van der Waals surface area contributed by atoms with Gasteiger partial charge in [0.1, 0.15) is 0 Å². The van der Waals surface area contributed by atoms with E-state index in [9.17, 15) is 4.79 Å². The van der Waals surface area contributed by atoms with Crippen LogP contribution in [0.15, 0.2) is 36.4 Å². The molecule has 3 aliphatic rings. The molecular weight excluding hydrogens is 360 g/mol. The van der Waals surface area contributed by atoms with Gasteiger partial charge in [-0.25, -0.2) is 0 Å². The predicted octanol–water partition coefficient (Wildman–Crippen LogP) is 3.49. The van der Waals surface area contributed by atoms with Crippen molar-refractivity contribution in [1.29, 1.82) is 0 Å². The minimum atomic E-state index is -0.114. The van der Waals surface area contributed by atoms with Crippen molar-refractivity contribution in [3.63, 3.8) is 0 Å². The Labute approximate surface area is 173 Å². The maximum Gasteiger partial charge on any atom is 0.229 e. The molecule has 1 saturated carbocycles. The number of piperidine rings is 2. The summed E-state index contributed by atoms with van der Waals surface area (Å²) in [7, 11) is 0. The van der Waals surface area contributed by atoms with E-state index in [1.54, 1.807) is 0 Å². The summed E-state index contributed by atoms with van der Waals surface area (Å²) >= 11 is 0. The van der Waals surface area contributed by atoms with Gasteiger partial charge in [-0.05, 0) is 62.2 Å². The number of amides is 1. The van der Waals surface area contributed by atoms with Crippen LogP contribution in [0, 0.1) is 10.8 Å². The van der Waals surface area contributed by atoms with E-state index in [0.717, 1.165) is 70.4 Å². The molecule has 1 amide bonds. The lowest BCUT2D eigenvalue weighted by molar-refractivity contribution is -0.139. The van der Waals surface area contributed by atoms with Crippen molar-refractivity contribution in [3.05, 3.63) is 53.3 Å². The molecule has 2 saturated heterocycles. The van der Waals surface area contributed by atoms with Gasteiger partial charge in [0.2, 0.25) is 5.91 Å². The average molecular weight is 393 g/mol. The lowest BCUT2D eigenvalue weighted by atomic mass is 9.84. The molecule has 1 unspecified atom stereocenters. The van der Waals surface area contributed by atoms with Crippen LogP contribution in [0.5, 0.6) is 0 Å². The highest BCUT2D eigenvalue weighted by molar-refractivity contribution is 5.87. The molecule has 5 nitrogen and oxygen atoms in total. The molecule has 5 rings (SSSR count). The molecule has 154 valence electrons. The highest BCUT2D eigenvalue weighted by Gasteiger charge is 2.68. The summed E-state index contributed by atoms with van der Waals surface area (Å²) in [5, 5.41) is 11.3. The number of rotatable bonds is 4. The molecule has 1 aliphatic carbocycles. The maximum absolute atomic E-state index is 13.3. The first-order chi connectivity index (χ1) is 14.1. The summed E-state index contributed by atoms with van der Waals surface area (Å²) in [6.07, 6.45) is 6.33. The summed E-state index contributed by atoms with van der Waals surface area (Å²) in [6, 6.07) is 12.7. The molecule has 3 heterocycles. The van der Waals surface area contributed by atoms with Gasteiger partial charge in [-0.2, -0.15) is 5.10 Å². The Morgan fingerprint density at radius 2 is 1.90 bits per heavy atom. The molecule has 1 atom stereocenters. The third-order valence-electron chi connectivity index (χ3n) is 7.86. The highest BCUT2D eigenvalue weighted by Crippen LogP contribution is 2.69. The predicted molar refractivity (Wildman–Crippen MR) is 114 cm³/mol. The van der Waals surface area contributed by atoms with E-state index in [0.29, 0.717) is 11.8 Å². The Kier molecular flexibility index (Phi) is 4.73. The van der Waals surface area contributed by atoms with Crippen LogP contribution in [0.4, 0.5) is 0 Å².